The smallest absolute Gasteiger partial charge is 0.308 e. The van der Waals surface area contributed by atoms with E-state index < -0.39 is 5.97 Å². The summed E-state index contributed by atoms with van der Waals surface area (Å²) in [4.78, 5) is 10.9. The maximum Gasteiger partial charge on any atom is 0.308 e. The summed E-state index contributed by atoms with van der Waals surface area (Å²) in [6.07, 6.45) is 0.580. The molecule has 0 radical (unpaired) electrons. The fourth-order valence-electron chi connectivity index (χ4n) is 1.39. The molecule has 0 unspecified atom stereocenters. The van der Waals surface area contributed by atoms with Crippen LogP contribution in [0.3, 0.4) is 0 Å². The zero-order chi connectivity index (χ0) is 10.4. The third-order valence-corrected chi connectivity index (χ3v) is 2.12. The summed E-state index contributed by atoms with van der Waals surface area (Å²) in [5, 5.41) is 11.8. The van der Waals surface area contributed by atoms with Crippen LogP contribution in [-0.2, 0) is 11.2 Å². The zero-order valence-electron chi connectivity index (χ0n) is 8.23. The molecule has 0 aromatic heterocycles. The SMILES string of the molecule is CNC[C@H](Cc1ccccc1)C(=O)O. The van der Waals surface area contributed by atoms with Crippen LogP contribution < -0.4 is 5.32 Å². The quantitative estimate of drug-likeness (QED) is 0.737. The third-order valence-electron chi connectivity index (χ3n) is 2.12. The lowest BCUT2D eigenvalue weighted by atomic mass is 9.99. The van der Waals surface area contributed by atoms with Crippen molar-refractivity contribution in [2.45, 2.75) is 6.42 Å². The minimum Gasteiger partial charge on any atom is -0.481 e. The highest BCUT2D eigenvalue weighted by Gasteiger charge is 2.16. The van der Waals surface area contributed by atoms with E-state index in [9.17, 15) is 4.79 Å². The summed E-state index contributed by atoms with van der Waals surface area (Å²) in [6, 6.07) is 9.68. The Morgan fingerprint density at radius 2 is 2.07 bits per heavy atom. The van der Waals surface area contributed by atoms with Gasteiger partial charge in [0.1, 0.15) is 0 Å². The fourth-order valence-corrected chi connectivity index (χ4v) is 1.39. The van der Waals surface area contributed by atoms with Crippen molar-refractivity contribution < 1.29 is 9.90 Å². The lowest BCUT2D eigenvalue weighted by molar-refractivity contribution is -0.141. The predicted octanol–water partition coefficient (Wildman–Crippen LogP) is 1.15. The first-order valence-electron chi connectivity index (χ1n) is 4.65. The molecule has 0 aliphatic carbocycles. The average molecular weight is 193 g/mol. The summed E-state index contributed by atoms with van der Waals surface area (Å²) in [5.74, 6) is -1.09. The normalized spacial score (nSPS) is 12.4. The Morgan fingerprint density at radius 1 is 1.43 bits per heavy atom. The van der Waals surface area contributed by atoms with Gasteiger partial charge < -0.3 is 10.4 Å². The van der Waals surface area contributed by atoms with Crippen molar-refractivity contribution >= 4 is 5.97 Å². The summed E-state index contributed by atoms with van der Waals surface area (Å²) >= 11 is 0. The molecule has 1 aromatic carbocycles. The molecule has 2 N–H and O–H groups in total. The van der Waals surface area contributed by atoms with Gasteiger partial charge in [-0.05, 0) is 19.0 Å². The van der Waals surface area contributed by atoms with Crippen LogP contribution in [0.1, 0.15) is 5.56 Å². The minimum atomic E-state index is -0.747. The zero-order valence-corrected chi connectivity index (χ0v) is 8.23. The van der Waals surface area contributed by atoms with Gasteiger partial charge >= 0.3 is 5.97 Å². The molecule has 0 bridgehead atoms. The molecule has 3 nitrogen and oxygen atoms in total. The summed E-state index contributed by atoms with van der Waals surface area (Å²) in [7, 11) is 1.76. The number of hydrogen-bond donors (Lipinski definition) is 2. The standard InChI is InChI=1S/C11H15NO2/c1-12-8-10(11(13)14)7-9-5-3-2-4-6-9/h2-6,10,12H,7-8H2,1H3,(H,13,14)/t10-/m0/s1. The molecule has 0 saturated carbocycles. The van der Waals surface area contributed by atoms with Crippen LogP contribution >= 0.6 is 0 Å². The first-order valence-corrected chi connectivity index (χ1v) is 4.65. The molecular weight excluding hydrogens is 178 g/mol. The fraction of sp³-hybridized carbons (Fsp3) is 0.364. The van der Waals surface area contributed by atoms with Crippen molar-refractivity contribution in [1.82, 2.24) is 5.32 Å². The molecule has 1 rings (SSSR count). The van der Waals surface area contributed by atoms with E-state index in [0.717, 1.165) is 5.56 Å². The van der Waals surface area contributed by atoms with E-state index in [4.69, 9.17) is 5.11 Å². The number of carboxylic acids is 1. The summed E-state index contributed by atoms with van der Waals surface area (Å²) in [6.45, 7) is 0.504. The highest BCUT2D eigenvalue weighted by atomic mass is 16.4. The van der Waals surface area contributed by atoms with Crippen molar-refractivity contribution in [3.8, 4) is 0 Å². The lowest BCUT2D eigenvalue weighted by Crippen LogP contribution is -2.27. The van der Waals surface area contributed by atoms with Gasteiger partial charge in [0.05, 0.1) is 5.92 Å². The van der Waals surface area contributed by atoms with Gasteiger partial charge in [-0.25, -0.2) is 0 Å². The number of aliphatic carboxylic acids is 1. The van der Waals surface area contributed by atoms with E-state index in [2.05, 4.69) is 5.32 Å². The molecule has 3 heteroatoms. The van der Waals surface area contributed by atoms with E-state index in [1.807, 2.05) is 30.3 Å². The minimum absolute atomic E-state index is 0.345. The Bertz CT molecular complexity index is 285. The Morgan fingerprint density at radius 3 is 2.57 bits per heavy atom. The van der Waals surface area contributed by atoms with Crippen molar-refractivity contribution in [3.05, 3.63) is 35.9 Å². The summed E-state index contributed by atoms with van der Waals surface area (Å²) in [5.41, 5.74) is 1.06. The van der Waals surface area contributed by atoms with Crippen molar-refractivity contribution in [2.24, 2.45) is 5.92 Å². The van der Waals surface area contributed by atoms with Gasteiger partial charge in [-0.2, -0.15) is 0 Å². The van der Waals surface area contributed by atoms with E-state index in [1.165, 1.54) is 0 Å². The molecule has 1 aromatic rings. The van der Waals surface area contributed by atoms with Crippen LogP contribution in [0, 0.1) is 5.92 Å². The number of rotatable bonds is 5. The topological polar surface area (TPSA) is 49.3 Å². The van der Waals surface area contributed by atoms with E-state index in [-0.39, 0.29) is 5.92 Å². The van der Waals surface area contributed by atoms with E-state index >= 15 is 0 Å². The van der Waals surface area contributed by atoms with Crippen LogP contribution in [0.25, 0.3) is 0 Å². The monoisotopic (exact) mass is 193 g/mol. The van der Waals surface area contributed by atoms with Gasteiger partial charge in [0.25, 0.3) is 0 Å². The van der Waals surface area contributed by atoms with Crippen molar-refractivity contribution in [2.75, 3.05) is 13.6 Å². The molecule has 1 atom stereocenters. The lowest BCUT2D eigenvalue weighted by Gasteiger charge is -2.11. The van der Waals surface area contributed by atoms with Gasteiger partial charge in [0, 0.05) is 6.54 Å². The molecule has 0 amide bonds. The molecule has 76 valence electrons. The van der Waals surface area contributed by atoms with Crippen LogP contribution in [0.15, 0.2) is 30.3 Å². The Kier molecular flexibility index (Phi) is 4.13. The van der Waals surface area contributed by atoms with E-state index in [1.54, 1.807) is 7.05 Å². The Hall–Kier alpha value is -1.35. The van der Waals surface area contributed by atoms with Gasteiger partial charge in [0.2, 0.25) is 0 Å². The molecule has 0 heterocycles. The van der Waals surface area contributed by atoms with Gasteiger partial charge in [0.15, 0.2) is 0 Å². The highest BCUT2D eigenvalue weighted by molar-refractivity contribution is 5.70. The van der Waals surface area contributed by atoms with Gasteiger partial charge in [-0.1, -0.05) is 30.3 Å². The van der Waals surface area contributed by atoms with Crippen molar-refractivity contribution in [1.29, 1.82) is 0 Å². The van der Waals surface area contributed by atoms with Crippen LogP contribution in [-0.4, -0.2) is 24.7 Å². The maximum atomic E-state index is 10.9. The Balaban J connectivity index is 2.60. The van der Waals surface area contributed by atoms with Gasteiger partial charge in [-0.15, -0.1) is 0 Å². The molecule has 0 aliphatic rings. The number of nitrogens with one attached hydrogen (secondary N) is 1. The molecule has 14 heavy (non-hydrogen) atoms. The number of hydrogen-bond acceptors (Lipinski definition) is 2. The highest BCUT2D eigenvalue weighted by Crippen LogP contribution is 2.08. The molecular formula is C11H15NO2. The third kappa shape index (κ3) is 3.18. The molecule has 0 aliphatic heterocycles. The first-order chi connectivity index (χ1) is 6.74. The predicted molar refractivity (Wildman–Crippen MR) is 55.2 cm³/mol. The molecule has 0 saturated heterocycles. The van der Waals surface area contributed by atoms with Crippen molar-refractivity contribution in [3.63, 3.8) is 0 Å². The van der Waals surface area contributed by atoms with Crippen LogP contribution in [0.5, 0.6) is 0 Å². The Labute approximate surface area is 83.8 Å². The van der Waals surface area contributed by atoms with Crippen LogP contribution in [0.4, 0.5) is 0 Å². The maximum absolute atomic E-state index is 10.9. The largest absolute Gasteiger partial charge is 0.481 e. The van der Waals surface area contributed by atoms with Crippen LogP contribution in [0.2, 0.25) is 0 Å². The summed E-state index contributed by atoms with van der Waals surface area (Å²) < 4.78 is 0. The van der Waals surface area contributed by atoms with E-state index in [0.29, 0.717) is 13.0 Å². The molecule has 0 fully saturated rings. The number of carboxylic acid groups (broad SMARTS) is 1. The second kappa shape index (κ2) is 5.40. The first kappa shape index (κ1) is 10.7. The second-order valence-corrected chi connectivity index (χ2v) is 3.28. The van der Waals surface area contributed by atoms with Gasteiger partial charge in [-0.3, -0.25) is 4.79 Å². The number of benzene rings is 1. The molecule has 0 spiro atoms. The average Bonchev–Trinajstić information content (AvgIpc) is 2.18. The number of carbonyl (C=O) groups is 1. The second-order valence-electron chi connectivity index (χ2n) is 3.28.